The number of hydrogen-bond donors (Lipinski definition) is 1. The molecule has 19 heavy (non-hydrogen) atoms. The van der Waals surface area contributed by atoms with Gasteiger partial charge in [-0.2, -0.15) is 5.26 Å². The van der Waals surface area contributed by atoms with Gasteiger partial charge in [0.25, 0.3) is 0 Å². The monoisotopic (exact) mass is 257 g/mol. The van der Waals surface area contributed by atoms with Crippen LogP contribution in [0.3, 0.4) is 0 Å². The molecule has 100 valence electrons. The molecule has 0 radical (unpaired) electrons. The van der Waals surface area contributed by atoms with Crippen LogP contribution in [0, 0.1) is 11.3 Å². The molecule has 0 bridgehead atoms. The summed E-state index contributed by atoms with van der Waals surface area (Å²) >= 11 is 0. The predicted molar refractivity (Wildman–Crippen MR) is 74.7 cm³/mol. The number of nitriles is 1. The van der Waals surface area contributed by atoms with Crippen LogP contribution in [-0.2, 0) is 4.79 Å². The Hall–Kier alpha value is -1.86. The summed E-state index contributed by atoms with van der Waals surface area (Å²) in [6, 6.07) is 9.56. The zero-order valence-electron chi connectivity index (χ0n) is 11.4. The number of amides is 1. The van der Waals surface area contributed by atoms with E-state index in [-0.39, 0.29) is 11.9 Å². The van der Waals surface area contributed by atoms with E-state index in [1.807, 2.05) is 13.0 Å². The molecule has 2 rings (SSSR count). The third-order valence-corrected chi connectivity index (χ3v) is 3.56. The van der Waals surface area contributed by atoms with Gasteiger partial charge >= 0.3 is 0 Å². The van der Waals surface area contributed by atoms with Crippen molar-refractivity contribution in [3.8, 4) is 6.07 Å². The van der Waals surface area contributed by atoms with E-state index >= 15 is 0 Å². The van der Waals surface area contributed by atoms with E-state index in [1.54, 1.807) is 18.2 Å². The molecule has 0 spiro atoms. The van der Waals surface area contributed by atoms with Crippen LogP contribution in [0.2, 0.25) is 0 Å². The Bertz CT molecular complexity index is 502. The first kappa shape index (κ1) is 13.6. The Morgan fingerprint density at radius 2 is 2.21 bits per heavy atom. The number of carbonyl (C=O) groups is 1. The lowest BCUT2D eigenvalue weighted by Gasteiger charge is -2.26. The normalized spacial score (nSPS) is 15.9. The van der Waals surface area contributed by atoms with Gasteiger partial charge in [-0.25, -0.2) is 0 Å². The molecule has 1 N–H and O–H groups in total. The van der Waals surface area contributed by atoms with Crippen molar-refractivity contribution in [2.45, 2.75) is 38.8 Å². The van der Waals surface area contributed by atoms with Crippen molar-refractivity contribution in [3.05, 3.63) is 29.8 Å². The van der Waals surface area contributed by atoms with Crippen LogP contribution in [0.25, 0.3) is 0 Å². The molecule has 1 atom stereocenters. The fourth-order valence-electron chi connectivity index (χ4n) is 2.33. The van der Waals surface area contributed by atoms with Gasteiger partial charge in [0, 0.05) is 6.04 Å². The van der Waals surface area contributed by atoms with E-state index in [9.17, 15) is 4.79 Å². The first-order valence-electron chi connectivity index (χ1n) is 6.73. The number of para-hydroxylation sites is 1. The van der Waals surface area contributed by atoms with Crippen molar-refractivity contribution >= 4 is 11.6 Å². The number of anilines is 1. The third-order valence-electron chi connectivity index (χ3n) is 3.56. The summed E-state index contributed by atoms with van der Waals surface area (Å²) in [5.74, 6) is -0.0450. The molecule has 1 saturated carbocycles. The van der Waals surface area contributed by atoms with Gasteiger partial charge in [0.05, 0.1) is 17.3 Å². The lowest BCUT2D eigenvalue weighted by Crippen LogP contribution is -2.43. The molecular formula is C15H19N3O. The summed E-state index contributed by atoms with van der Waals surface area (Å²) in [5, 5.41) is 11.9. The molecular weight excluding hydrogens is 238 g/mol. The maximum absolute atomic E-state index is 12.3. The van der Waals surface area contributed by atoms with E-state index in [0.29, 0.717) is 17.3 Å². The Morgan fingerprint density at radius 3 is 2.79 bits per heavy atom. The van der Waals surface area contributed by atoms with Crippen LogP contribution in [0.4, 0.5) is 5.69 Å². The highest BCUT2D eigenvalue weighted by molar-refractivity contribution is 5.95. The molecule has 1 amide bonds. The van der Waals surface area contributed by atoms with Crippen molar-refractivity contribution in [2.24, 2.45) is 0 Å². The molecule has 1 aliphatic rings. The second-order valence-corrected chi connectivity index (χ2v) is 4.88. The minimum Gasteiger partial charge on any atom is -0.324 e. The van der Waals surface area contributed by atoms with Gasteiger partial charge in [-0.15, -0.1) is 0 Å². The lowest BCUT2D eigenvalue weighted by molar-refractivity contribution is -0.120. The fourth-order valence-corrected chi connectivity index (χ4v) is 2.33. The molecule has 1 fully saturated rings. The molecule has 1 unspecified atom stereocenters. The number of rotatable bonds is 5. The largest absolute Gasteiger partial charge is 0.324 e. The summed E-state index contributed by atoms with van der Waals surface area (Å²) < 4.78 is 0. The summed E-state index contributed by atoms with van der Waals surface area (Å²) in [4.78, 5) is 14.5. The zero-order valence-corrected chi connectivity index (χ0v) is 11.4. The maximum Gasteiger partial charge on any atom is 0.241 e. The quantitative estimate of drug-likeness (QED) is 0.881. The van der Waals surface area contributed by atoms with Crippen LogP contribution in [0.1, 0.15) is 32.3 Å². The molecule has 4 heteroatoms. The third kappa shape index (κ3) is 3.12. The number of nitrogens with zero attached hydrogens (tertiary/aromatic N) is 2. The number of benzene rings is 1. The van der Waals surface area contributed by atoms with Crippen molar-refractivity contribution in [1.82, 2.24) is 4.90 Å². The minimum absolute atomic E-state index is 0.0450. The SMILES string of the molecule is CCN(C1CC1)C(C)C(=O)Nc1ccccc1C#N. The highest BCUT2D eigenvalue weighted by atomic mass is 16.2. The molecule has 0 saturated heterocycles. The smallest absolute Gasteiger partial charge is 0.241 e. The van der Waals surface area contributed by atoms with Gasteiger partial charge in [-0.05, 0) is 38.4 Å². The Labute approximate surface area is 114 Å². The van der Waals surface area contributed by atoms with Crippen LogP contribution in [0.15, 0.2) is 24.3 Å². The van der Waals surface area contributed by atoms with E-state index in [4.69, 9.17) is 5.26 Å². The average molecular weight is 257 g/mol. The number of carbonyl (C=O) groups excluding carboxylic acids is 1. The Morgan fingerprint density at radius 1 is 1.53 bits per heavy atom. The molecule has 1 aliphatic carbocycles. The van der Waals surface area contributed by atoms with Crippen LogP contribution in [-0.4, -0.2) is 29.4 Å². The van der Waals surface area contributed by atoms with Crippen molar-refractivity contribution in [3.63, 3.8) is 0 Å². The Balaban J connectivity index is 2.06. The maximum atomic E-state index is 12.3. The van der Waals surface area contributed by atoms with Gasteiger partial charge in [0.1, 0.15) is 6.07 Å². The standard InChI is InChI=1S/C15H19N3O/c1-3-18(13-8-9-13)11(2)15(19)17-14-7-5-4-6-12(14)10-16/h4-7,11,13H,3,8-9H2,1-2H3,(H,17,19). The Kier molecular flexibility index (Phi) is 4.18. The number of nitrogens with one attached hydrogen (secondary N) is 1. The molecule has 4 nitrogen and oxygen atoms in total. The van der Waals surface area contributed by atoms with E-state index in [2.05, 4.69) is 23.2 Å². The fraction of sp³-hybridized carbons (Fsp3) is 0.467. The highest BCUT2D eigenvalue weighted by Gasteiger charge is 2.33. The topological polar surface area (TPSA) is 56.1 Å². The molecule has 1 aromatic carbocycles. The van der Waals surface area contributed by atoms with Gasteiger partial charge in [0.2, 0.25) is 5.91 Å². The number of hydrogen-bond acceptors (Lipinski definition) is 3. The number of likely N-dealkylation sites (N-methyl/N-ethyl adjacent to an activating group) is 1. The molecule has 0 aromatic heterocycles. The molecule has 1 aromatic rings. The van der Waals surface area contributed by atoms with Gasteiger partial charge in [-0.3, -0.25) is 9.69 Å². The van der Waals surface area contributed by atoms with Gasteiger partial charge in [-0.1, -0.05) is 19.1 Å². The van der Waals surface area contributed by atoms with Crippen LogP contribution < -0.4 is 5.32 Å². The second-order valence-electron chi connectivity index (χ2n) is 4.88. The van der Waals surface area contributed by atoms with E-state index < -0.39 is 0 Å². The van der Waals surface area contributed by atoms with E-state index in [0.717, 1.165) is 6.54 Å². The highest BCUT2D eigenvalue weighted by Crippen LogP contribution is 2.28. The van der Waals surface area contributed by atoms with Crippen LogP contribution in [0.5, 0.6) is 0 Å². The molecule has 0 aliphatic heterocycles. The second kappa shape index (κ2) is 5.85. The summed E-state index contributed by atoms with van der Waals surface area (Å²) in [5.41, 5.74) is 1.09. The lowest BCUT2D eigenvalue weighted by atomic mass is 10.1. The zero-order chi connectivity index (χ0) is 13.8. The first-order valence-corrected chi connectivity index (χ1v) is 6.73. The average Bonchev–Trinajstić information content (AvgIpc) is 3.24. The van der Waals surface area contributed by atoms with Crippen LogP contribution >= 0.6 is 0 Å². The summed E-state index contributed by atoms with van der Waals surface area (Å²) in [7, 11) is 0. The van der Waals surface area contributed by atoms with Crippen molar-refractivity contribution in [2.75, 3.05) is 11.9 Å². The molecule has 0 heterocycles. The van der Waals surface area contributed by atoms with Gasteiger partial charge in [0.15, 0.2) is 0 Å². The summed E-state index contributed by atoms with van der Waals surface area (Å²) in [6.45, 7) is 4.87. The van der Waals surface area contributed by atoms with Gasteiger partial charge < -0.3 is 5.32 Å². The van der Waals surface area contributed by atoms with E-state index in [1.165, 1.54) is 12.8 Å². The summed E-state index contributed by atoms with van der Waals surface area (Å²) in [6.07, 6.45) is 2.36. The van der Waals surface area contributed by atoms with Crippen molar-refractivity contribution in [1.29, 1.82) is 5.26 Å². The minimum atomic E-state index is -0.163. The van der Waals surface area contributed by atoms with Crippen molar-refractivity contribution < 1.29 is 4.79 Å². The first-order chi connectivity index (χ1) is 9.17. The predicted octanol–water partition coefficient (Wildman–Crippen LogP) is 2.37.